The second kappa shape index (κ2) is 7.77. The van der Waals surface area contributed by atoms with Crippen LogP contribution in [0.3, 0.4) is 0 Å². The third kappa shape index (κ3) is 3.21. The van der Waals surface area contributed by atoms with Gasteiger partial charge in [0.2, 0.25) is 0 Å². The van der Waals surface area contributed by atoms with Gasteiger partial charge in [-0.15, -0.1) is 0 Å². The van der Waals surface area contributed by atoms with Gasteiger partial charge in [0.25, 0.3) is 0 Å². The molecule has 1 heterocycles. The number of nitrogens with zero attached hydrogens (tertiary/aromatic N) is 1. The van der Waals surface area contributed by atoms with Gasteiger partial charge in [0.15, 0.2) is 12.0 Å². The second-order valence-corrected chi connectivity index (χ2v) is 11.3. The highest BCUT2D eigenvalue weighted by Crippen LogP contribution is 2.66. The van der Waals surface area contributed by atoms with Crippen LogP contribution in [-0.2, 0) is 9.63 Å². The molecule has 4 saturated carbocycles. The van der Waals surface area contributed by atoms with Crippen molar-refractivity contribution in [3.63, 3.8) is 0 Å². The minimum Gasteiger partial charge on any atom is -0.396 e. The predicted octanol–water partition coefficient (Wildman–Crippen LogP) is 2.47. The maximum Gasteiger partial charge on any atom is 0.173 e. The van der Waals surface area contributed by atoms with Crippen LogP contribution in [0.1, 0.15) is 58.8 Å². The Labute approximate surface area is 184 Å². The Balaban J connectivity index is 1.42. The average molecular weight is 437 g/mol. The first-order chi connectivity index (χ1) is 14.8. The van der Waals surface area contributed by atoms with Crippen LogP contribution in [0.2, 0.25) is 0 Å². The van der Waals surface area contributed by atoms with Crippen LogP contribution in [0, 0.1) is 40.4 Å². The number of carbonyl (C=O) groups is 1. The van der Waals surface area contributed by atoms with E-state index in [9.17, 15) is 19.4 Å². The summed E-state index contributed by atoms with van der Waals surface area (Å²) < 4.78 is 14.5. The number of fused-ring (bicyclic) bond motifs is 5. The molecule has 10 atom stereocenters. The van der Waals surface area contributed by atoms with E-state index < -0.39 is 17.7 Å². The van der Waals surface area contributed by atoms with Gasteiger partial charge in [-0.3, -0.25) is 4.79 Å². The molecule has 4 aliphatic carbocycles. The van der Waals surface area contributed by atoms with Gasteiger partial charge in [-0.05, 0) is 74.2 Å². The normalized spacial score (nSPS) is 53.2. The number of carbonyl (C=O) groups excluding carboxylic acids is 1. The van der Waals surface area contributed by atoms with E-state index in [0.29, 0.717) is 6.42 Å². The number of hydrogen-bond donors (Lipinski definition) is 3. The summed E-state index contributed by atoms with van der Waals surface area (Å²) in [5.74, 6) is -0.444. The minimum absolute atomic E-state index is 0.0516. The molecule has 0 aromatic rings. The molecule has 31 heavy (non-hydrogen) atoms. The smallest absolute Gasteiger partial charge is 0.173 e. The summed E-state index contributed by atoms with van der Waals surface area (Å²) in [5.41, 5.74) is 0.304. The lowest BCUT2D eigenvalue weighted by Gasteiger charge is -2.63. The van der Waals surface area contributed by atoms with Gasteiger partial charge < -0.3 is 20.4 Å². The number of oxime groups is 1. The van der Waals surface area contributed by atoms with Crippen LogP contribution >= 0.6 is 0 Å². The molecule has 7 heteroatoms. The Hall–Kier alpha value is -1.05. The first kappa shape index (κ1) is 21.8. The van der Waals surface area contributed by atoms with Crippen LogP contribution in [0.4, 0.5) is 4.39 Å². The molecule has 0 aromatic heterocycles. The molecular weight excluding hydrogens is 399 g/mol. The fourth-order valence-corrected chi connectivity index (χ4v) is 8.19. The zero-order valence-electron chi connectivity index (χ0n) is 18.7. The Morgan fingerprint density at radius 3 is 2.74 bits per heavy atom. The molecule has 0 aromatic carbocycles. The Morgan fingerprint density at radius 2 is 2.03 bits per heavy atom. The first-order valence-electron chi connectivity index (χ1n) is 12.2. The summed E-state index contributed by atoms with van der Waals surface area (Å²) in [6.07, 6.45) is 3.26. The fourth-order valence-electron chi connectivity index (χ4n) is 8.19. The van der Waals surface area contributed by atoms with Crippen LogP contribution in [0.5, 0.6) is 0 Å². The van der Waals surface area contributed by atoms with Crippen molar-refractivity contribution in [3.8, 4) is 0 Å². The maximum absolute atomic E-state index is 14.5. The van der Waals surface area contributed by atoms with Crippen LogP contribution in [0.25, 0.3) is 0 Å². The van der Waals surface area contributed by atoms with Gasteiger partial charge >= 0.3 is 0 Å². The molecule has 0 amide bonds. The summed E-state index contributed by atoms with van der Waals surface area (Å²) in [7, 11) is 0. The van der Waals surface area contributed by atoms with Crippen molar-refractivity contribution in [2.75, 3.05) is 19.7 Å². The van der Waals surface area contributed by atoms with Crippen molar-refractivity contribution in [2.45, 2.75) is 77.2 Å². The fraction of sp³-hybridized carbons (Fsp3) is 0.917. The lowest BCUT2D eigenvalue weighted by Crippen LogP contribution is -2.62. The number of aliphatic hydroxyl groups is 2. The van der Waals surface area contributed by atoms with Gasteiger partial charge in [-0.1, -0.05) is 19.0 Å². The highest BCUT2D eigenvalue weighted by atomic mass is 19.1. The molecule has 0 radical (unpaired) electrons. The molecule has 5 fully saturated rings. The standard InChI is InChI=1S/C24H37FN2O4/c1-23-6-3-13(27-31-14-5-8-26-11-14)9-17(23)15(12-28)21(29)20-16(23)4-7-24(2)18(20)10-19(25)22(24)30/h14-21,26,28-29H,3-12H2,1-2H3. The molecule has 3 N–H and O–H groups in total. The lowest BCUT2D eigenvalue weighted by atomic mass is 9.42. The topological polar surface area (TPSA) is 91.2 Å². The highest BCUT2D eigenvalue weighted by molar-refractivity contribution is 5.91. The summed E-state index contributed by atoms with van der Waals surface area (Å²) >= 11 is 0. The number of Topliss-reactive ketones (excluding diaryl/α,β-unsaturated/α-hetero) is 1. The Bertz CT molecular complexity index is 756. The zero-order valence-corrected chi connectivity index (χ0v) is 18.7. The van der Waals surface area contributed by atoms with Crippen molar-refractivity contribution in [1.29, 1.82) is 0 Å². The van der Waals surface area contributed by atoms with Crippen molar-refractivity contribution < 1.29 is 24.2 Å². The van der Waals surface area contributed by atoms with E-state index in [1.165, 1.54) is 0 Å². The quantitative estimate of drug-likeness (QED) is 0.592. The lowest BCUT2D eigenvalue weighted by molar-refractivity contribution is -0.188. The molecule has 10 unspecified atom stereocenters. The number of alkyl halides is 1. The van der Waals surface area contributed by atoms with Gasteiger partial charge in [0.05, 0.1) is 11.8 Å². The predicted molar refractivity (Wildman–Crippen MR) is 114 cm³/mol. The minimum atomic E-state index is -1.41. The largest absolute Gasteiger partial charge is 0.396 e. The molecule has 6 nitrogen and oxygen atoms in total. The molecule has 174 valence electrons. The summed E-state index contributed by atoms with van der Waals surface area (Å²) in [4.78, 5) is 18.4. The van der Waals surface area contributed by atoms with Crippen molar-refractivity contribution in [1.82, 2.24) is 5.32 Å². The number of aliphatic hydroxyl groups excluding tert-OH is 2. The summed E-state index contributed by atoms with van der Waals surface area (Å²) in [5, 5.41) is 29.6. The molecular formula is C24H37FN2O4. The molecule has 1 saturated heterocycles. The number of nitrogens with one attached hydrogen (secondary N) is 1. The number of rotatable bonds is 3. The van der Waals surface area contributed by atoms with Gasteiger partial charge in [0, 0.05) is 30.9 Å². The number of ketones is 1. The molecule has 5 rings (SSSR count). The van der Waals surface area contributed by atoms with E-state index in [0.717, 1.165) is 50.9 Å². The molecule has 1 aliphatic heterocycles. The second-order valence-electron chi connectivity index (χ2n) is 11.3. The summed E-state index contributed by atoms with van der Waals surface area (Å²) in [6.45, 7) is 5.90. The third-order valence-corrected chi connectivity index (χ3v) is 10.0. The van der Waals surface area contributed by atoms with E-state index in [4.69, 9.17) is 4.84 Å². The summed E-state index contributed by atoms with van der Waals surface area (Å²) in [6, 6.07) is 0. The van der Waals surface area contributed by atoms with Gasteiger partial charge in [0.1, 0.15) is 6.10 Å². The maximum atomic E-state index is 14.5. The molecule has 0 spiro atoms. The Kier molecular flexibility index (Phi) is 5.46. The van der Waals surface area contributed by atoms with E-state index in [1.807, 2.05) is 6.92 Å². The SMILES string of the molecule is CC12CCC3C(C(O)C(CO)C4CC(=NOC5CCNC5)CCC43C)C1CC(F)C2=O. The first-order valence-corrected chi connectivity index (χ1v) is 12.2. The van der Waals surface area contributed by atoms with Crippen LogP contribution in [0.15, 0.2) is 5.16 Å². The van der Waals surface area contributed by atoms with Gasteiger partial charge in [-0.2, -0.15) is 0 Å². The molecule has 5 aliphatic rings. The monoisotopic (exact) mass is 436 g/mol. The highest BCUT2D eigenvalue weighted by Gasteiger charge is 2.66. The van der Waals surface area contributed by atoms with E-state index in [2.05, 4.69) is 17.4 Å². The van der Waals surface area contributed by atoms with Crippen LogP contribution in [-0.4, -0.2) is 59.8 Å². The Morgan fingerprint density at radius 1 is 1.23 bits per heavy atom. The van der Waals surface area contributed by atoms with Crippen LogP contribution < -0.4 is 5.32 Å². The van der Waals surface area contributed by atoms with E-state index in [1.54, 1.807) is 0 Å². The van der Waals surface area contributed by atoms with Crippen molar-refractivity contribution >= 4 is 11.5 Å². The van der Waals surface area contributed by atoms with E-state index in [-0.39, 0.29) is 59.9 Å². The number of hydrogen-bond acceptors (Lipinski definition) is 6. The average Bonchev–Trinajstić information content (AvgIpc) is 3.35. The van der Waals surface area contributed by atoms with E-state index >= 15 is 0 Å². The van der Waals surface area contributed by atoms with Crippen molar-refractivity contribution in [2.24, 2.45) is 45.6 Å². The third-order valence-electron chi connectivity index (χ3n) is 10.0. The number of halogens is 1. The van der Waals surface area contributed by atoms with Gasteiger partial charge in [-0.25, -0.2) is 4.39 Å². The van der Waals surface area contributed by atoms with Crippen molar-refractivity contribution in [3.05, 3.63) is 0 Å². The molecule has 0 bridgehead atoms. The zero-order chi connectivity index (χ0) is 22.0.